The standard InChI is InChI=1S/C18H24IN5S/c1-11-14(15(19)12(2)21-11)17-16(13-7-5-6-8-20-13)22-18(25)24(17)10-9-23(3)4/h5-8,16-17,21H,9-10H2,1-4H3,(H,22,25)/t16-,17+/m0/s1. The number of hydrogen-bond acceptors (Lipinski definition) is 3. The highest BCUT2D eigenvalue weighted by Gasteiger charge is 2.41. The quantitative estimate of drug-likeness (QED) is 0.521. The van der Waals surface area contributed by atoms with Gasteiger partial charge in [-0.2, -0.15) is 0 Å². The van der Waals surface area contributed by atoms with E-state index in [4.69, 9.17) is 12.2 Å². The predicted octanol–water partition coefficient (Wildman–Crippen LogP) is 3.17. The Balaban J connectivity index is 2.05. The molecule has 0 spiro atoms. The van der Waals surface area contributed by atoms with Gasteiger partial charge >= 0.3 is 0 Å². The van der Waals surface area contributed by atoms with Crippen molar-refractivity contribution in [2.75, 3.05) is 27.2 Å². The van der Waals surface area contributed by atoms with Crippen molar-refractivity contribution in [1.82, 2.24) is 25.1 Å². The molecule has 3 rings (SSSR count). The Morgan fingerprint density at radius 3 is 2.60 bits per heavy atom. The van der Waals surface area contributed by atoms with Crippen LogP contribution in [-0.2, 0) is 0 Å². The van der Waals surface area contributed by atoms with Crippen molar-refractivity contribution in [3.05, 3.63) is 50.6 Å². The van der Waals surface area contributed by atoms with Gasteiger partial charge in [0, 0.05) is 39.8 Å². The van der Waals surface area contributed by atoms with Crippen LogP contribution in [0.15, 0.2) is 24.4 Å². The number of rotatable bonds is 5. The average molecular weight is 469 g/mol. The van der Waals surface area contributed by atoms with Crippen LogP contribution in [0.3, 0.4) is 0 Å². The summed E-state index contributed by atoms with van der Waals surface area (Å²) in [4.78, 5) is 12.6. The molecular weight excluding hydrogens is 445 g/mol. The second-order valence-corrected chi connectivity index (χ2v) is 8.19. The average Bonchev–Trinajstić information content (AvgIpc) is 3.02. The summed E-state index contributed by atoms with van der Waals surface area (Å²) in [5, 5.41) is 4.32. The van der Waals surface area contributed by atoms with Crippen molar-refractivity contribution in [1.29, 1.82) is 0 Å². The number of thiocarbonyl (C=S) groups is 1. The lowest BCUT2D eigenvalue weighted by atomic mass is 9.97. The fourth-order valence-electron chi connectivity index (χ4n) is 3.39. The fourth-order valence-corrected chi connectivity index (χ4v) is 4.58. The smallest absolute Gasteiger partial charge is 0.170 e. The lowest BCUT2D eigenvalue weighted by Gasteiger charge is -2.29. The highest BCUT2D eigenvalue weighted by atomic mass is 127. The molecule has 3 heterocycles. The molecule has 0 unspecified atom stereocenters. The maximum absolute atomic E-state index is 5.70. The first-order valence-electron chi connectivity index (χ1n) is 8.37. The predicted molar refractivity (Wildman–Crippen MR) is 114 cm³/mol. The van der Waals surface area contributed by atoms with E-state index in [0.717, 1.165) is 23.9 Å². The summed E-state index contributed by atoms with van der Waals surface area (Å²) in [7, 11) is 4.18. The SMILES string of the molecule is Cc1[nH]c(C)c([C@@H]2[C@H](c3ccccn3)NC(=S)N2CCN(C)C)c1I. The van der Waals surface area contributed by atoms with Crippen LogP contribution >= 0.6 is 34.8 Å². The van der Waals surface area contributed by atoms with E-state index in [1.807, 2.05) is 18.3 Å². The zero-order valence-electron chi connectivity index (χ0n) is 15.0. The molecule has 1 aliphatic rings. The minimum Gasteiger partial charge on any atom is -0.362 e. The summed E-state index contributed by atoms with van der Waals surface area (Å²) in [5.74, 6) is 0. The van der Waals surface area contributed by atoms with Crippen LogP contribution in [0, 0.1) is 17.4 Å². The van der Waals surface area contributed by atoms with Crippen molar-refractivity contribution >= 4 is 39.9 Å². The van der Waals surface area contributed by atoms with E-state index >= 15 is 0 Å². The van der Waals surface area contributed by atoms with Gasteiger partial charge in [0.2, 0.25) is 0 Å². The lowest BCUT2D eigenvalue weighted by Crippen LogP contribution is -2.35. The maximum atomic E-state index is 5.70. The molecule has 0 bridgehead atoms. The molecule has 1 saturated heterocycles. The summed E-state index contributed by atoms with van der Waals surface area (Å²) in [6, 6.07) is 6.25. The molecule has 0 radical (unpaired) electrons. The molecule has 5 nitrogen and oxygen atoms in total. The summed E-state index contributed by atoms with van der Waals surface area (Å²) < 4.78 is 1.28. The van der Waals surface area contributed by atoms with Crippen LogP contribution in [0.4, 0.5) is 0 Å². The third-order valence-corrected chi connectivity index (χ3v) is 6.37. The van der Waals surface area contributed by atoms with Crippen molar-refractivity contribution < 1.29 is 0 Å². The molecule has 2 aromatic rings. The molecule has 0 aliphatic carbocycles. The van der Waals surface area contributed by atoms with Gasteiger partial charge in [-0.25, -0.2) is 0 Å². The Hall–Kier alpha value is -1.19. The fraction of sp³-hybridized carbons (Fsp3) is 0.444. The van der Waals surface area contributed by atoms with Gasteiger partial charge in [0.25, 0.3) is 0 Å². The molecule has 25 heavy (non-hydrogen) atoms. The lowest BCUT2D eigenvalue weighted by molar-refractivity contribution is 0.276. The number of aryl methyl sites for hydroxylation is 2. The minimum atomic E-state index is 0.0540. The number of aromatic nitrogens is 2. The molecule has 0 saturated carbocycles. The molecule has 1 aliphatic heterocycles. The van der Waals surface area contributed by atoms with E-state index in [1.165, 1.54) is 20.5 Å². The number of nitrogens with zero attached hydrogens (tertiary/aromatic N) is 3. The first-order chi connectivity index (χ1) is 11.9. The van der Waals surface area contributed by atoms with E-state index < -0.39 is 0 Å². The topological polar surface area (TPSA) is 47.2 Å². The second kappa shape index (κ2) is 7.59. The number of hydrogen-bond donors (Lipinski definition) is 2. The number of H-pyrrole nitrogens is 1. The van der Waals surface area contributed by atoms with Crippen LogP contribution in [0.5, 0.6) is 0 Å². The third kappa shape index (κ3) is 3.68. The van der Waals surface area contributed by atoms with Crippen LogP contribution in [0.25, 0.3) is 0 Å². The zero-order valence-corrected chi connectivity index (χ0v) is 18.0. The molecule has 0 amide bonds. The number of aromatic amines is 1. The van der Waals surface area contributed by atoms with Crippen LogP contribution in [-0.4, -0.2) is 52.1 Å². The number of pyridine rings is 1. The normalized spacial score (nSPS) is 20.4. The van der Waals surface area contributed by atoms with Crippen molar-refractivity contribution in [3.63, 3.8) is 0 Å². The molecule has 2 atom stereocenters. The van der Waals surface area contributed by atoms with Gasteiger partial charge in [0.05, 0.1) is 17.8 Å². The van der Waals surface area contributed by atoms with Gasteiger partial charge in [-0.3, -0.25) is 4.98 Å². The van der Waals surface area contributed by atoms with Crippen LogP contribution in [0.1, 0.15) is 34.7 Å². The Kier molecular flexibility index (Phi) is 5.65. The van der Waals surface area contributed by atoms with Gasteiger partial charge < -0.3 is 20.1 Å². The Morgan fingerprint density at radius 1 is 1.28 bits per heavy atom. The summed E-state index contributed by atoms with van der Waals surface area (Å²) in [5.41, 5.74) is 4.75. The highest BCUT2D eigenvalue weighted by molar-refractivity contribution is 14.1. The van der Waals surface area contributed by atoms with Crippen molar-refractivity contribution in [2.24, 2.45) is 0 Å². The molecular formula is C18H24IN5S. The molecule has 7 heteroatoms. The molecule has 1 fully saturated rings. The Morgan fingerprint density at radius 2 is 2.04 bits per heavy atom. The molecule has 134 valence electrons. The van der Waals surface area contributed by atoms with E-state index in [9.17, 15) is 0 Å². The summed E-state index contributed by atoms with van der Waals surface area (Å²) >= 11 is 8.14. The number of halogens is 1. The largest absolute Gasteiger partial charge is 0.362 e. The summed E-state index contributed by atoms with van der Waals surface area (Å²) in [6.45, 7) is 6.10. The maximum Gasteiger partial charge on any atom is 0.170 e. The zero-order chi connectivity index (χ0) is 18.1. The van der Waals surface area contributed by atoms with Crippen LogP contribution in [0.2, 0.25) is 0 Å². The molecule has 0 aromatic carbocycles. The third-order valence-electron chi connectivity index (χ3n) is 4.63. The van der Waals surface area contributed by atoms with Gasteiger partial charge in [0.1, 0.15) is 0 Å². The Labute approximate surface area is 168 Å². The number of likely N-dealkylation sites (N-methyl/N-ethyl adjacent to an activating group) is 1. The van der Waals surface area contributed by atoms with Crippen LogP contribution < -0.4 is 5.32 Å². The van der Waals surface area contributed by atoms with Gasteiger partial charge in [-0.1, -0.05) is 6.07 Å². The first-order valence-corrected chi connectivity index (χ1v) is 9.86. The summed E-state index contributed by atoms with van der Waals surface area (Å²) in [6.07, 6.45) is 1.85. The van der Waals surface area contributed by atoms with Crippen molar-refractivity contribution in [2.45, 2.75) is 25.9 Å². The second-order valence-electron chi connectivity index (χ2n) is 6.73. The van der Waals surface area contributed by atoms with E-state index in [1.54, 1.807) is 0 Å². The number of nitrogens with one attached hydrogen (secondary N) is 2. The van der Waals surface area contributed by atoms with E-state index in [0.29, 0.717) is 0 Å². The van der Waals surface area contributed by atoms with Gasteiger partial charge in [-0.15, -0.1) is 0 Å². The van der Waals surface area contributed by atoms with Gasteiger partial charge in [-0.05, 0) is 74.9 Å². The monoisotopic (exact) mass is 469 g/mol. The Bertz CT molecular complexity index is 758. The van der Waals surface area contributed by atoms with E-state index in [-0.39, 0.29) is 12.1 Å². The van der Waals surface area contributed by atoms with Crippen molar-refractivity contribution in [3.8, 4) is 0 Å². The highest BCUT2D eigenvalue weighted by Crippen LogP contribution is 2.42. The molecule has 2 aromatic heterocycles. The first kappa shape index (κ1) is 18.6. The minimum absolute atomic E-state index is 0.0540. The van der Waals surface area contributed by atoms with Gasteiger partial charge in [0.15, 0.2) is 5.11 Å². The molecule has 2 N–H and O–H groups in total. The van der Waals surface area contributed by atoms with E-state index in [2.05, 4.69) is 81.7 Å².